The molecule has 0 radical (unpaired) electrons. The van der Waals surface area contributed by atoms with Gasteiger partial charge in [0.25, 0.3) is 0 Å². The molecule has 0 aromatic heterocycles. The molecule has 0 bridgehead atoms. The van der Waals surface area contributed by atoms with E-state index in [2.05, 4.69) is 15.9 Å². The van der Waals surface area contributed by atoms with Crippen LogP contribution in [0.4, 0.5) is 0 Å². The summed E-state index contributed by atoms with van der Waals surface area (Å²) in [5, 5.41) is 8.72. The van der Waals surface area contributed by atoms with Crippen molar-refractivity contribution in [1.82, 2.24) is 0 Å². The Morgan fingerprint density at radius 2 is 2.15 bits per heavy atom. The van der Waals surface area contributed by atoms with Crippen LogP contribution < -0.4 is 4.74 Å². The highest BCUT2D eigenvalue weighted by Crippen LogP contribution is 2.29. The van der Waals surface area contributed by atoms with Crippen LogP contribution in [0.15, 0.2) is 22.7 Å². The summed E-state index contributed by atoms with van der Waals surface area (Å²) < 4.78 is 11.9. The highest BCUT2D eigenvalue weighted by Gasteiger charge is 2.07. The molecule has 20 heavy (non-hydrogen) atoms. The van der Waals surface area contributed by atoms with Crippen LogP contribution in [0.5, 0.6) is 5.75 Å². The first-order chi connectivity index (χ1) is 9.54. The lowest BCUT2D eigenvalue weighted by atomic mass is 10.1. The molecule has 110 valence electrons. The summed E-state index contributed by atoms with van der Waals surface area (Å²) in [5.74, 6) is -0.271. The Bertz CT molecular complexity index is 483. The quantitative estimate of drug-likeness (QED) is 0.578. The van der Waals surface area contributed by atoms with Crippen molar-refractivity contribution in [3.05, 3.63) is 33.8 Å². The van der Waals surface area contributed by atoms with E-state index in [1.807, 2.05) is 26.0 Å². The first kappa shape index (κ1) is 16.7. The van der Waals surface area contributed by atoms with Gasteiger partial charge in [-0.2, -0.15) is 0 Å². The zero-order valence-electron chi connectivity index (χ0n) is 11.7. The number of hydrogen-bond acceptors (Lipinski definition) is 3. The fourth-order valence-electron chi connectivity index (χ4n) is 1.72. The molecular weight excluding hydrogens is 324 g/mol. The Labute approximate surface area is 127 Å². The van der Waals surface area contributed by atoms with E-state index in [0.29, 0.717) is 25.6 Å². The van der Waals surface area contributed by atoms with E-state index in [1.54, 1.807) is 0 Å². The number of rotatable bonds is 8. The van der Waals surface area contributed by atoms with Gasteiger partial charge in [0.1, 0.15) is 5.75 Å². The van der Waals surface area contributed by atoms with Crippen molar-refractivity contribution in [2.24, 2.45) is 0 Å². The minimum absolute atomic E-state index is 0.538. The Hall–Kier alpha value is -1.33. The summed E-state index contributed by atoms with van der Waals surface area (Å²) in [4.78, 5) is 10.6. The predicted molar refractivity (Wildman–Crippen MR) is 82.2 cm³/mol. The van der Waals surface area contributed by atoms with Gasteiger partial charge in [0, 0.05) is 35.7 Å². The van der Waals surface area contributed by atoms with Crippen molar-refractivity contribution in [2.75, 3.05) is 19.8 Å². The molecule has 5 heteroatoms. The SMILES string of the molecule is CCOCCCOc1c(C)cc(Br)cc1/C=C/C(=O)O. The molecule has 1 rings (SSSR count). The van der Waals surface area contributed by atoms with E-state index in [-0.39, 0.29) is 0 Å². The number of carboxylic acid groups (broad SMARTS) is 1. The lowest BCUT2D eigenvalue weighted by molar-refractivity contribution is -0.131. The second-order valence-corrected chi connectivity index (χ2v) is 5.13. The molecule has 1 aromatic carbocycles. The second kappa shape index (κ2) is 8.76. The fourth-order valence-corrected chi connectivity index (χ4v) is 2.31. The lowest BCUT2D eigenvalue weighted by Crippen LogP contribution is -2.05. The Morgan fingerprint density at radius 3 is 2.80 bits per heavy atom. The third-order valence-electron chi connectivity index (χ3n) is 2.56. The van der Waals surface area contributed by atoms with Crippen molar-refractivity contribution < 1.29 is 19.4 Å². The number of benzene rings is 1. The van der Waals surface area contributed by atoms with Gasteiger partial charge in [-0.1, -0.05) is 15.9 Å². The van der Waals surface area contributed by atoms with Crippen LogP contribution in [0.25, 0.3) is 6.08 Å². The Balaban J connectivity index is 2.79. The number of hydrogen-bond donors (Lipinski definition) is 1. The van der Waals surface area contributed by atoms with Crippen LogP contribution >= 0.6 is 15.9 Å². The van der Waals surface area contributed by atoms with Crippen LogP contribution in [0.2, 0.25) is 0 Å². The number of aliphatic carboxylic acids is 1. The normalized spacial score (nSPS) is 10.9. The molecule has 4 nitrogen and oxygen atoms in total. The van der Waals surface area contributed by atoms with E-state index in [4.69, 9.17) is 14.6 Å². The maximum absolute atomic E-state index is 10.6. The van der Waals surface area contributed by atoms with Gasteiger partial charge >= 0.3 is 5.97 Å². The highest BCUT2D eigenvalue weighted by atomic mass is 79.9. The molecule has 1 aromatic rings. The minimum Gasteiger partial charge on any atom is -0.493 e. The average molecular weight is 343 g/mol. The maximum atomic E-state index is 10.6. The zero-order valence-corrected chi connectivity index (χ0v) is 13.3. The number of aryl methyl sites for hydroxylation is 1. The topological polar surface area (TPSA) is 55.8 Å². The van der Waals surface area contributed by atoms with Gasteiger partial charge in [-0.05, 0) is 37.6 Å². The van der Waals surface area contributed by atoms with Crippen molar-refractivity contribution in [1.29, 1.82) is 0 Å². The van der Waals surface area contributed by atoms with Crippen LogP contribution in [0.3, 0.4) is 0 Å². The smallest absolute Gasteiger partial charge is 0.328 e. The highest BCUT2D eigenvalue weighted by molar-refractivity contribution is 9.10. The molecule has 0 aliphatic carbocycles. The number of carbonyl (C=O) groups is 1. The first-order valence-electron chi connectivity index (χ1n) is 6.46. The third-order valence-corrected chi connectivity index (χ3v) is 3.01. The Kier molecular flexibility index (Phi) is 7.33. The summed E-state index contributed by atoms with van der Waals surface area (Å²) in [6, 6.07) is 3.78. The summed E-state index contributed by atoms with van der Waals surface area (Å²) >= 11 is 3.40. The third kappa shape index (κ3) is 5.75. The maximum Gasteiger partial charge on any atom is 0.328 e. The average Bonchev–Trinajstić information content (AvgIpc) is 2.38. The molecule has 0 amide bonds. The molecule has 0 unspecified atom stereocenters. The van der Waals surface area contributed by atoms with Crippen molar-refractivity contribution in [3.63, 3.8) is 0 Å². The van der Waals surface area contributed by atoms with E-state index in [1.165, 1.54) is 6.08 Å². The first-order valence-corrected chi connectivity index (χ1v) is 7.25. The van der Waals surface area contributed by atoms with E-state index < -0.39 is 5.97 Å². The van der Waals surface area contributed by atoms with E-state index >= 15 is 0 Å². The van der Waals surface area contributed by atoms with Gasteiger partial charge in [0.15, 0.2) is 0 Å². The van der Waals surface area contributed by atoms with Crippen molar-refractivity contribution in [3.8, 4) is 5.75 Å². The van der Waals surface area contributed by atoms with Gasteiger partial charge in [-0.15, -0.1) is 0 Å². The zero-order chi connectivity index (χ0) is 15.0. The predicted octanol–water partition coefficient (Wildman–Crippen LogP) is 3.66. The molecule has 0 aliphatic heterocycles. The molecule has 0 fully saturated rings. The van der Waals surface area contributed by atoms with E-state index in [0.717, 1.165) is 28.1 Å². The number of halogens is 1. The molecule has 1 N–H and O–H groups in total. The standard InChI is InChI=1S/C15H19BrO4/c1-3-19-7-4-8-20-15-11(2)9-13(16)10-12(15)5-6-14(17)18/h5-6,9-10H,3-4,7-8H2,1-2H3,(H,17,18)/b6-5+. The van der Waals surface area contributed by atoms with Gasteiger partial charge in [-0.3, -0.25) is 0 Å². The van der Waals surface area contributed by atoms with Crippen LogP contribution in [0.1, 0.15) is 24.5 Å². The largest absolute Gasteiger partial charge is 0.493 e. The Morgan fingerprint density at radius 1 is 1.40 bits per heavy atom. The molecule has 0 heterocycles. The molecule has 0 saturated heterocycles. The molecule has 0 saturated carbocycles. The van der Waals surface area contributed by atoms with Gasteiger partial charge in [0.05, 0.1) is 6.61 Å². The van der Waals surface area contributed by atoms with Crippen molar-refractivity contribution >= 4 is 28.0 Å². The van der Waals surface area contributed by atoms with Gasteiger partial charge < -0.3 is 14.6 Å². The monoisotopic (exact) mass is 342 g/mol. The van der Waals surface area contributed by atoms with E-state index in [9.17, 15) is 4.79 Å². The van der Waals surface area contributed by atoms with Crippen LogP contribution in [-0.4, -0.2) is 30.9 Å². The van der Waals surface area contributed by atoms with Gasteiger partial charge in [-0.25, -0.2) is 4.79 Å². The van der Waals surface area contributed by atoms with Gasteiger partial charge in [0.2, 0.25) is 0 Å². The second-order valence-electron chi connectivity index (χ2n) is 4.21. The summed E-state index contributed by atoms with van der Waals surface area (Å²) in [7, 11) is 0. The summed E-state index contributed by atoms with van der Waals surface area (Å²) in [6.07, 6.45) is 3.44. The molecule has 0 spiro atoms. The molecule has 0 atom stereocenters. The molecular formula is C15H19BrO4. The van der Waals surface area contributed by atoms with Crippen molar-refractivity contribution in [2.45, 2.75) is 20.3 Å². The molecule has 0 aliphatic rings. The fraction of sp³-hybridized carbons (Fsp3) is 0.400. The number of carboxylic acids is 1. The number of ether oxygens (including phenoxy) is 2. The summed E-state index contributed by atoms with van der Waals surface area (Å²) in [5.41, 5.74) is 1.71. The minimum atomic E-state index is -0.982. The summed E-state index contributed by atoms with van der Waals surface area (Å²) in [6.45, 7) is 5.78. The lowest BCUT2D eigenvalue weighted by Gasteiger charge is -2.13. The van der Waals surface area contributed by atoms with Crippen LogP contribution in [-0.2, 0) is 9.53 Å². The van der Waals surface area contributed by atoms with Crippen LogP contribution in [0, 0.1) is 6.92 Å².